The van der Waals surface area contributed by atoms with Gasteiger partial charge in [-0.15, -0.1) is 0 Å². The first-order chi connectivity index (χ1) is 14.2. The molecule has 156 valence electrons. The highest BCUT2D eigenvalue weighted by Gasteiger charge is 2.31. The van der Waals surface area contributed by atoms with Gasteiger partial charge < -0.3 is 5.32 Å². The second-order valence-corrected chi connectivity index (χ2v) is 9.33. The molecule has 0 heterocycles. The molecule has 2 N–H and O–H groups in total. The first-order valence-electron chi connectivity index (χ1n) is 9.78. The zero-order valence-corrected chi connectivity index (χ0v) is 18.1. The van der Waals surface area contributed by atoms with Crippen LogP contribution in [0.1, 0.15) is 42.3 Å². The first-order valence-corrected chi connectivity index (χ1v) is 11.3. The molecule has 3 aromatic carbocycles. The van der Waals surface area contributed by atoms with Gasteiger partial charge >= 0.3 is 0 Å². The number of sulfonamides is 1. The van der Waals surface area contributed by atoms with Gasteiger partial charge in [0.2, 0.25) is 10.0 Å². The van der Waals surface area contributed by atoms with Crippen molar-refractivity contribution in [3.05, 3.63) is 102 Å². The van der Waals surface area contributed by atoms with Crippen molar-refractivity contribution in [3.8, 4) is 0 Å². The second kappa shape index (κ2) is 8.81. The number of benzene rings is 3. The van der Waals surface area contributed by atoms with E-state index in [-0.39, 0.29) is 16.8 Å². The molecule has 0 saturated heterocycles. The standard InChI is InChI=1S/C24H26N2O3S/c1-18(2)26-30(28,29)22-16-14-19(15-17-22)23(27)25-24(3,20-10-6-4-7-11-20)21-12-8-5-9-13-21/h4-18,26H,1-3H3,(H,25,27). The van der Waals surface area contributed by atoms with Crippen LogP contribution in [0.3, 0.4) is 0 Å². The van der Waals surface area contributed by atoms with Gasteiger partial charge in [-0.05, 0) is 56.2 Å². The van der Waals surface area contributed by atoms with Crippen molar-refractivity contribution >= 4 is 15.9 Å². The summed E-state index contributed by atoms with van der Waals surface area (Å²) in [6.45, 7) is 5.47. The molecule has 3 aromatic rings. The number of hydrogen-bond donors (Lipinski definition) is 2. The van der Waals surface area contributed by atoms with Crippen LogP contribution in [0.4, 0.5) is 0 Å². The van der Waals surface area contributed by atoms with Crippen LogP contribution in [-0.2, 0) is 15.6 Å². The van der Waals surface area contributed by atoms with Gasteiger partial charge in [-0.1, -0.05) is 60.7 Å². The number of nitrogens with one attached hydrogen (secondary N) is 2. The van der Waals surface area contributed by atoms with E-state index in [1.165, 1.54) is 24.3 Å². The third-order valence-corrected chi connectivity index (χ3v) is 6.56. The molecule has 3 rings (SSSR count). The van der Waals surface area contributed by atoms with Crippen LogP contribution in [0.2, 0.25) is 0 Å². The number of amides is 1. The van der Waals surface area contributed by atoms with Crippen LogP contribution in [0, 0.1) is 0 Å². The molecular formula is C24H26N2O3S. The molecule has 0 unspecified atom stereocenters. The van der Waals surface area contributed by atoms with Gasteiger partial charge in [-0.3, -0.25) is 4.79 Å². The van der Waals surface area contributed by atoms with Crippen LogP contribution in [0.25, 0.3) is 0 Å². The highest BCUT2D eigenvalue weighted by molar-refractivity contribution is 7.89. The lowest BCUT2D eigenvalue weighted by molar-refractivity contribution is 0.0919. The Hall–Kier alpha value is -2.96. The van der Waals surface area contributed by atoms with Crippen molar-refractivity contribution in [2.75, 3.05) is 0 Å². The third kappa shape index (κ3) is 4.78. The number of carbonyl (C=O) groups is 1. The molecule has 0 bridgehead atoms. The van der Waals surface area contributed by atoms with Crippen molar-refractivity contribution in [2.45, 2.75) is 37.2 Å². The van der Waals surface area contributed by atoms with E-state index in [2.05, 4.69) is 10.0 Å². The molecule has 0 atom stereocenters. The molecule has 6 heteroatoms. The van der Waals surface area contributed by atoms with Gasteiger partial charge in [0.1, 0.15) is 0 Å². The Morgan fingerprint density at radius 2 is 1.27 bits per heavy atom. The highest BCUT2D eigenvalue weighted by Crippen LogP contribution is 2.29. The zero-order valence-electron chi connectivity index (χ0n) is 17.3. The van der Waals surface area contributed by atoms with E-state index < -0.39 is 15.6 Å². The molecule has 0 radical (unpaired) electrons. The predicted octanol–water partition coefficient (Wildman–Crippen LogP) is 4.07. The largest absolute Gasteiger partial charge is 0.339 e. The van der Waals surface area contributed by atoms with Gasteiger partial charge in [-0.2, -0.15) is 0 Å². The van der Waals surface area contributed by atoms with Crippen molar-refractivity contribution in [1.29, 1.82) is 0 Å². The summed E-state index contributed by atoms with van der Waals surface area (Å²) in [6.07, 6.45) is 0. The van der Waals surface area contributed by atoms with E-state index in [4.69, 9.17) is 0 Å². The predicted molar refractivity (Wildman–Crippen MR) is 119 cm³/mol. The summed E-state index contributed by atoms with van der Waals surface area (Å²) in [7, 11) is -3.60. The Kier molecular flexibility index (Phi) is 6.39. The molecule has 0 aromatic heterocycles. The minimum Gasteiger partial charge on any atom is -0.339 e. The summed E-state index contributed by atoms with van der Waals surface area (Å²) in [5.74, 6) is -0.286. The minimum atomic E-state index is -3.60. The normalized spacial score (nSPS) is 12.0. The smallest absolute Gasteiger partial charge is 0.252 e. The van der Waals surface area contributed by atoms with Crippen LogP contribution < -0.4 is 10.0 Å². The maximum atomic E-state index is 13.1. The molecule has 0 aliphatic heterocycles. The fraction of sp³-hybridized carbons (Fsp3) is 0.208. The van der Waals surface area contributed by atoms with Crippen molar-refractivity contribution in [1.82, 2.24) is 10.0 Å². The Bertz CT molecular complexity index is 1050. The molecule has 1 amide bonds. The van der Waals surface area contributed by atoms with Crippen molar-refractivity contribution in [3.63, 3.8) is 0 Å². The summed E-state index contributed by atoms with van der Waals surface area (Å²) in [4.78, 5) is 13.2. The number of hydrogen-bond acceptors (Lipinski definition) is 3. The first kappa shape index (κ1) is 21.7. The molecule has 0 aliphatic carbocycles. The van der Waals surface area contributed by atoms with Gasteiger partial charge in [0.05, 0.1) is 10.4 Å². The van der Waals surface area contributed by atoms with Crippen LogP contribution >= 0.6 is 0 Å². The maximum absolute atomic E-state index is 13.1. The summed E-state index contributed by atoms with van der Waals surface area (Å²) >= 11 is 0. The lowest BCUT2D eigenvalue weighted by atomic mass is 9.84. The van der Waals surface area contributed by atoms with Gasteiger partial charge in [0.25, 0.3) is 5.91 Å². The Labute approximate surface area is 178 Å². The monoisotopic (exact) mass is 422 g/mol. The van der Waals surface area contributed by atoms with Gasteiger partial charge in [0.15, 0.2) is 0 Å². The lowest BCUT2D eigenvalue weighted by Crippen LogP contribution is -2.44. The topological polar surface area (TPSA) is 75.3 Å². The fourth-order valence-electron chi connectivity index (χ4n) is 3.32. The minimum absolute atomic E-state index is 0.127. The van der Waals surface area contributed by atoms with Crippen LogP contribution in [0.15, 0.2) is 89.8 Å². The van der Waals surface area contributed by atoms with E-state index in [9.17, 15) is 13.2 Å². The van der Waals surface area contributed by atoms with E-state index in [0.717, 1.165) is 11.1 Å². The van der Waals surface area contributed by atoms with E-state index in [1.54, 1.807) is 13.8 Å². The summed E-state index contributed by atoms with van der Waals surface area (Å²) in [6, 6.07) is 25.2. The average Bonchev–Trinajstić information content (AvgIpc) is 2.74. The van der Waals surface area contributed by atoms with Crippen molar-refractivity contribution < 1.29 is 13.2 Å². The maximum Gasteiger partial charge on any atom is 0.252 e. The third-order valence-electron chi connectivity index (χ3n) is 4.88. The van der Waals surface area contributed by atoms with Crippen molar-refractivity contribution in [2.24, 2.45) is 0 Å². The average molecular weight is 423 g/mol. The number of carbonyl (C=O) groups excluding carboxylic acids is 1. The van der Waals surface area contributed by atoms with Crippen LogP contribution in [0.5, 0.6) is 0 Å². The fourth-order valence-corrected chi connectivity index (χ4v) is 4.57. The highest BCUT2D eigenvalue weighted by atomic mass is 32.2. The number of rotatable bonds is 7. The molecule has 5 nitrogen and oxygen atoms in total. The lowest BCUT2D eigenvalue weighted by Gasteiger charge is -2.32. The van der Waals surface area contributed by atoms with E-state index >= 15 is 0 Å². The molecule has 0 fully saturated rings. The summed E-state index contributed by atoms with van der Waals surface area (Å²) in [5.41, 5.74) is 1.54. The Morgan fingerprint density at radius 1 is 0.800 bits per heavy atom. The molecule has 30 heavy (non-hydrogen) atoms. The van der Waals surface area contributed by atoms with E-state index in [0.29, 0.717) is 5.56 Å². The van der Waals surface area contributed by atoms with Gasteiger partial charge in [-0.25, -0.2) is 13.1 Å². The van der Waals surface area contributed by atoms with Crippen LogP contribution in [-0.4, -0.2) is 20.4 Å². The Morgan fingerprint density at radius 3 is 1.70 bits per heavy atom. The molecule has 0 aliphatic rings. The quantitative estimate of drug-likeness (QED) is 0.603. The molecular weight excluding hydrogens is 396 g/mol. The second-order valence-electron chi connectivity index (χ2n) is 7.61. The molecule has 0 spiro atoms. The Balaban J connectivity index is 1.90. The summed E-state index contributed by atoms with van der Waals surface area (Å²) < 4.78 is 27.2. The zero-order chi connectivity index (χ0) is 21.8. The van der Waals surface area contributed by atoms with E-state index in [1.807, 2.05) is 67.6 Å². The van der Waals surface area contributed by atoms with Gasteiger partial charge in [0, 0.05) is 11.6 Å². The SMILES string of the molecule is CC(C)NS(=O)(=O)c1ccc(C(=O)NC(C)(c2ccccc2)c2ccccc2)cc1. The molecule has 0 saturated carbocycles. The summed E-state index contributed by atoms with van der Waals surface area (Å²) in [5, 5.41) is 3.13.